The maximum absolute atomic E-state index is 12.3. The number of nitrogens with one attached hydrogen (secondary N) is 1. The summed E-state index contributed by atoms with van der Waals surface area (Å²) in [6, 6.07) is 3.85. The zero-order valence-corrected chi connectivity index (χ0v) is 11.9. The molecule has 2 rings (SSSR count). The summed E-state index contributed by atoms with van der Waals surface area (Å²) in [7, 11) is 0. The Labute approximate surface area is 122 Å². The van der Waals surface area contributed by atoms with E-state index in [-0.39, 0.29) is 22.1 Å². The maximum Gasteiger partial charge on any atom is 0.255 e. The van der Waals surface area contributed by atoms with Gasteiger partial charge >= 0.3 is 0 Å². The normalized spacial score (nSPS) is 17.4. The van der Waals surface area contributed by atoms with Crippen molar-refractivity contribution in [1.82, 2.24) is 5.32 Å². The molecule has 0 heterocycles. The van der Waals surface area contributed by atoms with E-state index in [4.69, 9.17) is 18.0 Å². The molecule has 5 nitrogen and oxygen atoms in total. The average molecular weight is 294 g/mol. The van der Waals surface area contributed by atoms with E-state index in [0.717, 1.165) is 25.3 Å². The Balaban J connectivity index is 2.22. The summed E-state index contributed by atoms with van der Waals surface area (Å²) in [6.45, 7) is 0. The number of thiocarbonyl (C=S) groups is 1. The van der Waals surface area contributed by atoms with E-state index in [0.29, 0.717) is 12.8 Å². The Bertz CT molecular complexity index is 539. The molecule has 0 radical (unpaired) electrons. The summed E-state index contributed by atoms with van der Waals surface area (Å²) >= 11 is 5.11. The molecule has 1 aliphatic rings. The quantitative estimate of drug-likeness (QED) is 0.638. The number of phenols is 2. The standard InChI is InChI=1S/C14H18N2O3S/c15-13(20)14(6-2-1-3-7-14)16-12(19)10-5-4-9(17)8-11(10)18/h4-5,8,17-18H,1-3,6-7H2,(H2,15,20)(H,16,19). The van der Waals surface area contributed by atoms with Crippen LogP contribution in [0.1, 0.15) is 42.5 Å². The molecule has 0 atom stereocenters. The van der Waals surface area contributed by atoms with Gasteiger partial charge in [0.15, 0.2) is 0 Å². The molecule has 5 N–H and O–H groups in total. The number of carbonyl (C=O) groups is 1. The molecule has 0 bridgehead atoms. The van der Waals surface area contributed by atoms with Crippen LogP contribution in [0.3, 0.4) is 0 Å². The molecular weight excluding hydrogens is 276 g/mol. The van der Waals surface area contributed by atoms with Gasteiger partial charge in [-0.1, -0.05) is 31.5 Å². The number of amides is 1. The molecule has 20 heavy (non-hydrogen) atoms. The van der Waals surface area contributed by atoms with Crippen LogP contribution in [0.4, 0.5) is 0 Å². The Morgan fingerprint density at radius 1 is 1.25 bits per heavy atom. The van der Waals surface area contributed by atoms with Gasteiger partial charge in [-0.3, -0.25) is 4.79 Å². The summed E-state index contributed by atoms with van der Waals surface area (Å²) in [5, 5.41) is 21.8. The summed E-state index contributed by atoms with van der Waals surface area (Å²) in [6.07, 6.45) is 4.45. The summed E-state index contributed by atoms with van der Waals surface area (Å²) in [5.41, 5.74) is 5.23. The number of nitrogens with two attached hydrogens (primary N) is 1. The highest BCUT2D eigenvalue weighted by molar-refractivity contribution is 7.80. The number of rotatable bonds is 3. The van der Waals surface area contributed by atoms with Gasteiger partial charge in [0.1, 0.15) is 11.5 Å². The molecule has 1 aromatic carbocycles. The fraction of sp³-hybridized carbons (Fsp3) is 0.429. The van der Waals surface area contributed by atoms with Crippen molar-refractivity contribution in [2.75, 3.05) is 0 Å². The summed E-state index contributed by atoms with van der Waals surface area (Å²) in [4.78, 5) is 12.6. The van der Waals surface area contributed by atoms with E-state index in [1.54, 1.807) is 0 Å². The molecule has 0 saturated heterocycles. The second-order valence-corrected chi connectivity index (χ2v) is 5.60. The van der Waals surface area contributed by atoms with Crippen molar-refractivity contribution in [1.29, 1.82) is 0 Å². The van der Waals surface area contributed by atoms with E-state index < -0.39 is 11.4 Å². The topological polar surface area (TPSA) is 95.6 Å². The minimum absolute atomic E-state index is 0.0965. The van der Waals surface area contributed by atoms with Gasteiger partial charge in [0, 0.05) is 6.07 Å². The van der Waals surface area contributed by atoms with E-state index in [1.165, 1.54) is 12.1 Å². The van der Waals surface area contributed by atoms with E-state index in [2.05, 4.69) is 5.32 Å². The summed E-state index contributed by atoms with van der Waals surface area (Å²) in [5.74, 6) is -0.797. The van der Waals surface area contributed by atoms with Crippen LogP contribution in [0.15, 0.2) is 18.2 Å². The third kappa shape index (κ3) is 2.85. The highest BCUT2D eigenvalue weighted by atomic mass is 32.1. The van der Waals surface area contributed by atoms with Crippen molar-refractivity contribution < 1.29 is 15.0 Å². The number of hydrogen-bond acceptors (Lipinski definition) is 4. The van der Waals surface area contributed by atoms with Gasteiger partial charge in [-0.15, -0.1) is 0 Å². The molecular formula is C14H18N2O3S. The first-order valence-electron chi connectivity index (χ1n) is 6.59. The molecule has 0 aliphatic heterocycles. The zero-order chi connectivity index (χ0) is 14.8. The van der Waals surface area contributed by atoms with Crippen molar-refractivity contribution in [3.63, 3.8) is 0 Å². The van der Waals surface area contributed by atoms with Gasteiger partial charge in [0.2, 0.25) is 0 Å². The van der Waals surface area contributed by atoms with Crippen molar-refractivity contribution >= 4 is 23.1 Å². The third-order valence-corrected chi connectivity index (χ3v) is 4.15. The molecule has 1 aromatic rings. The fourth-order valence-electron chi connectivity index (χ4n) is 2.59. The lowest BCUT2D eigenvalue weighted by Gasteiger charge is -2.37. The number of benzene rings is 1. The highest BCUT2D eigenvalue weighted by Gasteiger charge is 2.37. The Kier molecular flexibility index (Phi) is 4.13. The second kappa shape index (κ2) is 5.66. The van der Waals surface area contributed by atoms with E-state index in [1.807, 2.05) is 0 Å². The molecule has 1 aliphatic carbocycles. The monoisotopic (exact) mass is 294 g/mol. The minimum Gasteiger partial charge on any atom is -0.508 e. The molecule has 0 aromatic heterocycles. The minimum atomic E-state index is -0.672. The van der Waals surface area contributed by atoms with Gasteiger partial charge in [-0.2, -0.15) is 0 Å². The van der Waals surface area contributed by atoms with Crippen molar-refractivity contribution in [2.24, 2.45) is 5.73 Å². The smallest absolute Gasteiger partial charge is 0.255 e. The maximum atomic E-state index is 12.3. The lowest BCUT2D eigenvalue weighted by molar-refractivity contribution is 0.0905. The number of hydrogen-bond donors (Lipinski definition) is 4. The average Bonchev–Trinajstić information content (AvgIpc) is 2.39. The SMILES string of the molecule is NC(=S)C1(NC(=O)c2ccc(O)cc2O)CCCCC1. The van der Waals surface area contributed by atoms with Crippen LogP contribution in [0.2, 0.25) is 0 Å². The van der Waals surface area contributed by atoms with Gasteiger partial charge < -0.3 is 21.3 Å². The van der Waals surface area contributed by atoms with Crippen LogP contribution < -0.4 is 11.1 Å². The Hall–Kier alpha value is -1.82. The first kappa shape index (κ1) is 14.6. The Morgan fingerprint density at radius 2 is 1.90 bits per heavy atom. The number of aromatic hydroxyl groups is 2. The second-order valence-electron chi connectivity index (χ2n) is 5.16. The third-order valence-electron chi connectivity index (χ3n) is 3.76. The Morgan fingerprint density at radius 3 is 2.45 bits per heavy atom. The first-order chi connectivity index (χ1) is 9.44. The van der Waals surface area contributed by atoms with Gasteiger partial charge in [-0.25, -0.2) is 0 Å². The zero-order valence-electron chi connectivity index (χ0n) is 11.1. The molecule has 0 unspecified atom stereocenters. The van der Waals surface area contributed by atoms with Gasteiger partial charge in [-0.05, 0) is 25.0 Å². The van der Waals surface area contributed by atoms with Crippen molar-refractivity contribution in [2.45, 2.75) is 37.6 Å². The van der Waals surface area contributed by atoms with Crippen molar-refractivity contribution in [3.05, 3.63) is 23.8 Å². The molecule has 6 heteroatoms. The van der Waals surface area contributed by atoms with Gasteiger partial charge in [0.05, 0.1) is 16.1 Å². The highest BCUT2D eigenvalue weighted by Crippen LogP contribution is 2.30. The largest absolute Gasteiger partial charge is 0.508 e. The van der Waals surface area contributed by atoms with Crippen LogP contribution in [0, 0.1) is 0 Å². The lowest BCUT2D eigenvalue weighted by atomic mass is 9.81. The van der Waals surface area contributed by atoms with Crippen LogP contribution in [-0.2, 0) is 0 Å². The fourth-order valence-corrected chi connectivity index (χ4v) is 2.84. The van der Waals surface area contributed by atoms with Crippen LogP contribution in [0.25, 0.3) is 0 Å². The first-order valence-corrected chi connectivity index (χ1v) is 7.00. The lowest BCUT2D eigenvalue weighted by Crippen LogP contribution is -2.57. The molecule has 0 spiro atoms. The number of carbonyl (C=O) groups excluding carboxylic acids is 1. The van der Waals surface area contributed by atoms with E-state index >= 15 is 0 Å². The van der Waals surface area contributed by atoms with Crippen LogP contribution >= 0.6 is 12.2 Å². The predicted octanol–water partition coefficient (Wildman–Crippen LogP) is 1.82. The molecule has 1 saturated carbocycles. The van der Waals surface area contributed by atoms with Crippen LogP contribution in [0.5, 0.6) is 11.5 Å². The number of phenolic OH excluding ortho intramolecular Hbond substituents is 2. The van der Waals surface area contributed by atoms with Crippen LogP contribution in [-0.4, -0.2) is 26.6 Å². The summed E-state index contributed by atoms with van der Waals surface area (Å²) < 4.78 is 0. The predicted molar refractivity (Wildman–Crippen MR) is 79.8 cm³/mol. The van der Waals surface area contributed by atoms with E-state index in [9.17, 15) is 15.0 Å². The molecule has 108 valence electrons. The molecule has 1 amide bonds. The molecule has 1 fully saturated rings. The van der Waals surface area contributed by atoms with Crippen molar-refractivity contribution in [3.8, 4) is 11.5 Å². The van der Waals surface area contributed by atoms with Gasteiger partial charge in [0.25, 0.3) is 5.91 Å².